The summed E-state index contributed by atoms with van der Waals surface area (Å²) >= 11 is 6.08. The Morgan fingerprint density at radius 3 is 3.00 bits per heavy atom. The summed E-state index contributed by atoms with van der Waals surface area (Å²) in [6.45, 7) is 2.11. The molecule has 0 amide bonds. The van der Waals surface area contributed by atoms with Gasteiger partial charge in [0.1, 0.15) is 11.9 Å². The lowest BCUT2D eigenvalue weighted by molar-refractivity contribution is -0.143. The molecule has 2 aliphatic rings. The molecule has 1 unspecified atom stereocenters. The van der Waals surface area contributed by atoms with Gasteiger partial charge in [0.15, 0.2) is 0 Å². The molecule has 1 N–H and O–H groups in total. The Bertz CT molecular complexity index is 568. The van der Waals surface area contributed by atoms with Gasteiger partial charge in [0, 0.05) is 24.1 Å². The lowest BCUT2D eigenvalue weighted by Gasteiger charge is -2.30. The van der Waals surface area contributed by atoms with E-state index in [9.17, 15) is 14.3 Å². The molecular formula is C16H19ClFNO3. The van der Waals surface area contributed by atoms with Gasteiger partial charge in [-0.1, -0.05) is 17.7 Å². The van der Waals surface area contributed by atoms with Crippen LogP contribution in [0, 0.1) is 11.7 Å². The Morgan fingerprint density at radius 1 is 1.45 bits per heavy atom. The highest BCUT2D eigenvalue weighted by molar-refractivity contribution is 6.31. The van der Waals surface area contributed by atoms with Crippen molar-refractivity contribution in [2.24, 2.45) is 5.92 Å². The van der Waals surface area contributed by atoms with E-state index in [0.29, 0.717) is 24.6 Å². The molecule has 0 radical (unpaired) electrons. The Hall–Kier alpha value is -1.17. The molecule has 1 aromatic rings. The van der Waals surface area contributed by atoms with E-state index in [-0.39, 0.29) is 11.1 Å². The highest BCUT2D eigenvalue weighted by Crippen LogP contribution is 2.34. The number of benzene rings is 1. The van der Waals surface area contributed by atoms with Crippen LogP contribution in [0.25, 0.3) is 0 Å². The van der Waals surface area contributed by atoms with E-state index < -0.39 is 17.8 Å². The first-order chi connectivity index (χ1) is 10.6. The Balaban J connectivity index is 1.88. The number of carboxylic acids is 1. The van der Waals surface area contributed by atoms with Gasteiger partial charge in [-0.2, -0.15) is 0 Å². The maximum atomic E-state index is 13.2. The monoisotopic (exact) mass is 327 g/mol. The molecule has 2 fully saturated rings. The van der Waals surface area contributed by atoms with Gasteiger partial charge in [-0.15, -0.1) is 0 Å². The minimum Gasteiger partial charge on any atom is -0.480 e. The zero-order chi connectivity index (χ0) is 15.7. The number of hydrogen-bond donors (Lipinski definition) is 1. The first-order valence-electron chi connectivity index (χ1n) is 7.59. The molecule has 0 saturated carbocycles. The third-order valence-corrected chi connectivity index (χ3v) is 4.93. The van der Waals surface area contributed by atoms with E-state index in [4.69, 9.17) is 16.3 Å². The highest BCUT2D eigenvalue weighted by Gasteiger charge is 2.37. The molecule has 120 valence electrons. The highest BCUT2D eigenvalue weighted by atomic mass is 35.5. The lowest BCUT2D eigenvalue weighted by Crippen LogP contribution is -2.38. The van der Waals surface area contributed by atoms with Crippen LogP contribution >= 0.6 is 11.6 Å². The molecule has 2 aliphatic heterocycles. The Morgan fingerprint density at radius 2 is 2.27 bits per heavy atom. The van der Waals surface area contributed by atoms with Crippen LogP contribution in [0.4, 0.5) is 4.39 Å². The number of likely N-dealkylation sites (tertiary alicyclic amines) is 1. The molecule has 3 rings (SSSR count). The number of hydrogen-bond acceptors (Lipinski definition) is 3. The molecule has 6 heteroatoms. The molecular weight excluding hydrogens is 309 g/mol. The number of ether oxygens (including phenoxy) is 1. The van der Waals surface area contributed by atoms with Gasteiger partial charge in [-0.3, -0.25) is 9.69 Å². The van der Waals surface area contributed by atoms with Crippen LogP contribution in [0.2, 0.25) is 5.02 Å². The summed E-state index contributed by atoms with van der Waals surface area (Å²) in [6, 6.07) is 3.07. The lowest BCUT2D eigenvalue weighted by atomic mass is 9.98. The van der Waals surface area contributed by atoms with E-state index in [1.807, 2.05) is 4.90 Å². The SMILES string of the molecule is O=C(O)C(c1ccc(F)cc1Cl)N1CCC[C@@H]2OCC[C@@H]2C1. The number of halogens is 2. The second-order valence-electron chi connectivity index (χ2n) is 6.00. The third kappa shape index (κ3) is 3.12. The smallest absolute Gasteiger partial charge is 0.325 e. The number of rotatable bonds is 3. The molecule has 2 heterocycles. The van der Waals surface area contributed by atoms with Crippen molar-refractivity contribution in [3.8, 4) is 0 Å². The Kier molecular flexibility index (Phi) is 4.66. The van der Waals surface area contributed by atoms with Crippen molar-refractivity contribution in [1.29, 1.82) is 0 Å². The summed E-state index contributed by atoms with van der Waals surface area (Å²) in [5.41, 5.74) is 0.452. The fourth-order valence-electron chi connectivity index (χ4n) is 3.55. The van der Waals surface area contributed by atoms with E-state index >= 15 is 0 Å². The number of carbonyl (C=O) groups is 1. The average molecular weight is 328 g/mol. The predicted octanol–water partition coefficient (Wildman–Crippen LogP) is 3.11. The van der Waals surface area contributed by atoms with Gasteiger partial charge >= 0.3 is 5.97 Å². The van der Waals surface area contributed by atoms with E-state index in [2.05, 4.69) is 0 Å². The van der Waals surface area contributed by atoms with Crippen LogP contribution < -0.4 is 0 Å². The van der Waals surface area contributed by atoms with Crippen molar-refractivity contribution in [3.05, 3.63) is 34.6 Å². The summed E-state index contributed by atoms with van der Waals surface area (Å²) in [7, 11) is 0. The first kappa shape index (κ1) is 15.7. The molecule has 4 nitrogen and oxygen atoms in total. The minimum atomic E-state index is -0.953. The molecule has 0 bridgehead atoms. The van der Waals surface area contributed by atoms with Crippen LogP contribution in [-0.2, 0) is 9.53 Å². The minimum absolute atomic E-state index is 0.163. The summed E-state index contributed by atoms with van der Waals surface area (Å²) in [6.07, 6.45) is 3.06. The fraction of sp³-hybridized carbons (Fsp3) is 0.562. The van der Waals surface area contributed by atoms with Crippen LogP contribution in [0.15, 0.2) is 18.2 Å². The van der Waals surface area contributed by atoms with Crippen molar-refractivity contribution in [1.82, 2.24) is 4.90 Å². The molecule has 0 spiro atoms. The Labute approximate surface area is 133 Å². The van der Waals surface area contributed by atoms with Gasteiger partial charge in [0.25, 0.3) is 0 Å². The number of fused-ring (bicyclic) bond motifs is 1. The molecule has 3 atom stereocenters. The zero-order valence-electron chi connectivity index (χ0n) is 12.2. The summed E-state index contributed by atoms with van der Waals surface area (Å²) in [5.74, 6) is -1.05. The van der Waals surface area contributed by atoms with Crippen molar-refractivity contribution < 1.29 is 19.0 Å². The summed E-state index contributed by atoms with van der Waals surface area (Å²) in [5, 5.41) is 9.84. The first-order valence-corrected chi connectivity index (χ1v) is 7.97. The second kappa shape index (κ2) is 6.52. The zero-order valence-corrected chi connectivity index (χ0v) is 12.9. The predicted molar refractivity (Wildman–Crippen MR) is 80.4 cm³/mol. The molecule has 2 saturated heterocycles. The molecule has 0 aromatic heterocycles. The third-order valence-electron chi connectivity index (χ3n) is 4.61. The van der Waals surface area contributed by atoms with Gasteiger partial charge in [-0.25, -0.2) is 4.39 Å². The van der Waals surface area contributed by atoms with Crippen molar-refractivity contribution in [2.75, 3.05) is 19.7 Å². The quantitative estimate of drug-likeness (QED) is 0.926. The van der Waals surface area contributed by atoms with Crippen LogP contribution in [0.3, 0.4) is 0 Å². The van der Waals surface area contributed by atoms with Crippen LogP contribution in [0.5, 0.6) is 0 Å². The van der Waals surface area contributed by atoms with Crippen molar-refractivity contribution in [3.63, 3.8) is 0 Å². The summed E-state index contributed by atoms with van der Waals surface area (Å²) in [4.78, 5) is 13.8. The van der Waals surface area contributed by atoms with Crippen LogP contribution in [-0.4, -0.2) is 41.8 Å². The van der Waals surface area contributed by atoms with Crippen LogP contribution in [0.1, 0.15) is 30.9 Å². The molecule has 0 aliphatic carbocycles. The van der Waals surface area contributed by atoms with Gasteiger partial charge < -0.3 is 9.84 Å². The largest absolute Gasteiger partial charge is 0.480 e. The van der Waals surface area contributed by atoms with E-state index in [0.717, 1.165) is 25.9 Å². The molecule has 1 aromatic carbocycles. The van der Waals surface area contributed by atoms with E-state index in [1.165, 1.54) is 18.2 Å². The summed E-state index contributed by atoms with van der Waals surface area (Å²) < 4.78 is 19.0. The number of nitrogens with zero attached hydrogens (tertiary/aromatic N) is 1. The topological polar surface area (TPSA) is 49.8 Å². The average Bonchev–Trinajstić information content (AvgIpc) is 2.79. The van der Waals surface area contributed by atoms with Gasteiger partial charge in [0.2, 0.25) is 0 Å². The van der Waals surface area contributed by atoms with Gasteiger partial charge in [-0.05, 0) is 43.5 Å². The standard InChI is InChI=1S/C16H19ClFNO3/c17-13-8-11(18)3-4-12(13)15(16(20)21)19-6-1-2-14-10(9-19)5-7-22-14/h3-4,8,10,14-15H,1-2,5-7,9H2,(H,20,21)/t10-,14+,15?/m1/s1. The fourth-order valence-corrected chi connectivity index (χ4v) is 3.82. The van der Waals surface area contributed by atoms with Crippen molar-refractivity contribution >= 4 is 17.6 Å². The molecule has 22 heavy (non-hydrogen) atoms. The number of carboxylic acid groups (broad SMARTS) is 1. The number of aliphatic carboxylic acids is 1. The van der Waals surface area contributed by atoms with Gasteiger partial charge in [0.05, 0.1) is 6.10 Å². The normalized spacial score (nSPS) is 27.2. The van der Waals surface area contributed by atoms with E-state index in [1.54, 1.807) is 0 Å². The maximum absolute atomic E-state index is 13.2. The second-order valence-corrected chi connectivity index (χ2v) is 6.41. The maximum Gasteiger partial charge on any atom is 0.325 e. The van der Waals surface area contributed by atoms with Crippen molar-refractivity contribution in [2.45, 2.75) is 31.4 Å².